The molecular formula is C19H24O4. The van der Waals surface area contributed by atoms with Crippen LogP contribution < -0.4 is 4.74 Å². The summed E-state index contributed by atoms with van der Waals surface area (Å²) in [6.07, 6.45) is 7.24. The molecule has 0 spiro atoms. The molecule has 0 saturated carbocycles. The van der Waals surface area contributed by atoms with Crippen molar-refractivity contribution in [3.63, 3.8) is 0 Å². The van der Waals surface area contributed by atoms with Gasteiger partial charge in [0.1, 0.15) is 5.75 Å². The van der Waals surface area contributed by atoms with Gasteiger partial charge in [-0.25, -0.2) is 0 Å². The molecule has 0 bridgehead atoms. The van der Waals surface area contributed by atoms with Crippen molar-refractivity contribution in [2.45, 2.75) is 25.2 Å². The smallest absolute Gasteiger partial charge is 0.184 e. The van der Waals surface area contributed by atoms with Crippen LogP contribution in [0.4, 0.5) is 0 Å². The van der Waals surface area contributed by atoms with Gasteiger partial charge in [0.25, 0.3) is 0 Å². The van der Waals surface area contributed by atoms with E-state index < -0.39 is 6.29 Å². The number of rotatable bonds is 5. The SMILES string of the molecule is C=CC[C@@]12CO[C@H](c3ccc(OC)cc3)O[C@@H]1C=CC[C@@H]2CO. The molecule has 1 saturated heterocycles. The van der Waals surface area contributed by atoms with Crippen molar-refractivity contribution in [1.82, 2.24) is 0 Å². The number of hydrogen-bond acceptors (Lipinski definition) is 4. The van der Waals surface area contributed by atoms with Crippen LogP contribution in [0.25, 0.3) is 0 Å². The molecule has 0 radical (unpaired) electrons. The zero-order chi connectivity index (χ0) is 16.3. The van der Waals surface area contributed by atoms with E-state index in [1.54, 1.807) is 7.11 Å². The number of fused-ring (bicyclic) bond motifs is 1. The summed E-state index contributed by atoms with van der Waals surface area (Å²) in [7, 11) is 1.65. The second-order valence-corrected chi connectivity index (χ2v) is 6.24. The molecule has 0 unspecified atom stereocenters. The minimum absolute atomic E-state index is 0.0766. The van der Waals surface area contributed by atoms with Crippen molar-refractivity contribution in [2.24, 2.45) is 11.3 Å². The topological polar surface area (TPSA) is 47.9 Å². The molecular weight excluding hydrogens is 292 g/mol. The lowest BCUT2D eigenvalue weighted by molar-refractivity contribution is -0.274. The van der Waals surface area contributed by atoms with Gasteiger partial charge in [-0.3, -0.25) is 0 Å². The highest BCUT2D eigenvalue weighted by Gasteiger charge is 2.50. The largest absolute Gasteiger partial charge is 0.497 e. The Labute approximate surface area is 137 Å². The summed E-state index contributed by atoms with van der Waals surface area (Å²) in [5.74, 6) is 0.941. The first-order valence-corrected chi connectivity index (χ1v) is 8.03. The molecule has 4 atom stereocenters. The summed E-state index contributed by atoms with van der Waals surface area (Å²) in [6, 6.07) is 7.72. The third-order valence-corrected chi connectivity index (χ3v) is 5.02. The van der Waals surface area contributed by atoms with Gasteiger partial charge in [-0.05, 0) is 30.9 Å². The summed E-state index contributed by atoms with van der Waals surface area (Å²) in [6.45, 7) is 4.56. The molecule has 1 heterocycles. The molecule has 1 aliphatic heterocycles. The van der Waals surface area contributed by atoms with Crippen LogP contribution in [0, 0.1) is 11.3 Å². The molecule has 1 fully saturated rings. The van der Waals surface area contributed by atoms with E-state index in [1.165, 1.54) is 0 Å². The third kappa shape index (κ3) is 2.94. The highest BCUT2D eigenvalue weighted by molar-refractivity contribution is 5.28. The third-order valence-electron chi connectivity index (χ3n) is 5.02. The maximum atomic E-state index is 9.77. The number of benzene rings is 1. The molecule has 4 nitrogen and oxygen atoms in total. The number of aliphatic hydroxyl groups excluding tert-OH is 1. The summed E-state index contributed by atoms with van der Waals surface area (Å²) in [5.41, 5.74) is 0.742. The van der Waals surface area contributed by atoms with Gasteiger partial charge in [-0.15, -0.1) is 6.58 Å². The van der Waals surface area contributed by atoms with Crippen LogP contribution in [-0.2, 0) is 9.47 Å². The Balaban J connectivity index is 1.82. The Hall–Kier alpha value is -1.62. The maximum absolute atomic E-state index is 9.77. The lowest BCUT2D eigenvalue weighted by Gasteiger charge is -2.50. The first kappa shape index (κ1) is 16.2. The lowest BCUT2D eigenvalue weighted by Crippen LogP contribution is -2.52. The Morgan fingerprint density at radius 3 is 2.83 bits per heavy atom. The van der Waals surface area contributed by atoms with Gasteiger partial charge < -0.3 is 19.3 Å². The molecule has 2 aliphatic rings. The lowest BCUT2D eigenvalue weighted by atomic mass is 9.65. The highest BCUT2D eigenvalue weighted by atomic mass is 16.7. The molecule has 3 rings (SSSR count). The van der Waals surface area contributed by atoms with Gasteiger partial charge in [0, 0.05) is 17.6 Å². The Kier molecular flexibility index (Phi) is 4.85. The molecule has 1 N–H and O–H groups in total. The monoisotopic (exact) mass is 316 g/mol. The molecule has 1 aliphatic carbocycles. The van der Waals surface area contributed by atoms with E-state index in [9.17, 15) is 5.11 Å². The zero-order valence-electron chi connectivity index (χ0n) is 13.5. The second kappa shape index (κ2) is 6.87. The number of ether oxygens (including phenoxy) is 3. The van der Waals surface area contributed by atoms with Crippen molar-refractivity contribution in [1.29, 1.82) is 0 Å². The number of hydrogen-bond donors (Lipinski definition) is 1. The van der Waals surface area contributed by atoms with Gasteiger partial charge in [0.15, 0.2) is 6.29 Å². The van der Waals surface area contributed by atoms with Crippen LogP contribution in [0.5, 0.6) is 5.75 Å². The fourth-order valence-electron chi connectivity index (χ4n) is 3.61. The Morgan fingerprint density at radius 1 is 1.39 bits per heavy atom. The first-order valence-electron chi connectivity index (χ1n) is 8.03. The van der Waals surface area contributed by atoms with E-state index in [0.29, 0.717) is 6.61 Å². The van der Waals surface area contributed by atoms with Crippen LogP contribution in [0.2, 0.25) is 0 Å². The van der Waals surface area contributed by atoms with E-state index in [-0.39, 0.29) is 24.0 Å². The van der Waals surface area contributed by atoms with E-state index in [2.05, 4.69) is 18.7 Å². The fraction of sp³-hybridized carbons (Fsp3) is 0.474. The Morgan fingerprint density at radius 2 is 2.17 bits per heavy atom. The predicted octanol–water partition coefficient (Wildman–Crippen LogP) is 3.24. The summed E-state index contributed by atoms with van der Waals surface area (Å²) >= 11 is 0. The fourth-order valence-corrected chi connectivity index (χ4v) is 3.61. The van der Waals surface area contributed by atoms with Gasteiger partial charge in [-0.2, -0.15) is 0 Å². The van der Waals surface area contributed by atoms with Crippen LogP contribution >= 0.6 is 0 Å². The molecule has 23 heavy (non-hydrogen) atoms. The van der Waals surface area contributed by atoms with E-state index in [0.717, 1.165) is 24.2 Å². The molecule has 0 aromatic heterocycles. The quantitative estimate of drug-likeness (QED) is 0.847. The molecule has 4 heteroatoms. The summed E-state index contributed by atoms with van der Waals surface area (Å²) < 4.78 is 17.5. The number of allylic oxidation sites excluding steroid dienone is 2. The molecule has 1 aromatic rings. The van der Waals surface area contributed by atoms with Crippen molar-refractivity contribution < 1.29 is 19.3 Å². The van der Waals surface area contributed by atoms with Crippen molar-refractivity contribution in [2.75, 3.05) is 20.3 Å². The van der Waals surface area contributed by atoms with Crippen LogP contribution in [0.1, 0.15) is 24.7 Å². The van der Waals surface area contributed by atoms with Crippen LogP contribution in [0.15, 0.2) is 49.1 Å². The minimum Gasteiger partial charge on any atom is -0.497 e. The number of methoxy groups -OCH3 is 1. The Bertz CT molecular complexity index is 565. The van der Waals surface area contributed by atoms with E-state index in [4.69, 9.17) is 14.2 Å². The molecule has 124 valence electrons. The number of aliphatic hydroxyl groups is 1. The summed E-state index contributed by atoms with van der Waals surface area (Å²) in [5, 5.41) is 9.77. The maximum Gasteiger partial charge on any atom is 0.184 e. The van der Waals surface area contributed by atoms with Gasteiger partial charge in [0.2, 0.25) is 0 Å². The van der Waals surface area contributed by atoms with E-state index >= 15 is 0 Å². The predicted molar refractivity (Wildman–Crippen MR) is 88.1 cm³/mol. The minimum atomic E-state index is -0.397. The summed E-state index contributed by atoms with van der Waals surface area (Å²) in [4.78, 5) is 0. The molecule has 0 amide bonds. The van der Waals surface area contributed by atoms with Gasteiger partial charge >= 0.3 is 0 Å². The van der Waals surface area contributed by atoms with E-state index in [1.807, 2.05) is 30.3 Å². The zero-order valence-corrected chi connectivity index (χ0v) is 13.5. The van der Waals surface area contributed by atoms with Crippen LogP contribution in [-0.4, -0.2) is 31.5 Å². The molecule has 1 aromatic carbocycles. The van der Waals surface area contributed by atoms with Crippen molar-refractivity contribution in [3.05, 3.63) is 54.6 Å². The van der Waals surface area contributed by atoms with Crippen molar-refractivity contribution >= 4 is 0 Å². The average molecular weight is 316 g/mol. The average Bonchev–Trinajstić information content (AvgIpc) is 2.61. The highest BCUT2D eigenvalue weighted by Crippen LogP contribution is 2.48. The normalized spacial score (nSPS) is 33.0. The van der Waals surface area contributed by atoms with Gasteiger partial charge in [-0.1, -0.05) is 30.4 Å². The van der Waals surface area contributed by atoms with Gasteiger partial charge in [0.05, 0.1) is 19.8 Å². The standard InChI is InChI=1S/C19H24O4/c1-3-11-19-13-22-18(14-7-9-16(21-2)10-8-14)23-17(19)6-4-5-15(19)12-20/h3-4,6-10,15,17-18,20H,1,5,11-13H2,2H3/t15-,17-,18+,19+/m1/s1. The first-order chi connectivity index (χ1) is 11.2. The van der Waals surface area contributed by atoms with Crippen molar-refractivity contribution in [3.8, 4) is 5.75 Å². The van der Waals surface area contributed by atoms with Crippen LogP contribution in [0.3, 0.4) is 0 Å². The second-order valence-electron chi connectivity index (χ2n) is 6.24.